The number of ether oxygens (including phenoxy) is 2. The molecule has 0 bridgehead atoms. The molecule has 1 unspecified atom stereocenters. The van der Waals surface area contributed by atoms with Gasteiger partial charge in [0.05, 0.1) is 12.6 Å². The van der Waals surface area contributed by atoms with E-state index in [-0.39, 0.29) is 23.2 Å². The van der Waals surface area contributed by atoms with Crippen molar-refractivity contribution in [2.45, 2.75) is 57.0 Å². The number of likely N-dealkylation sites (tertiary alicyclic amines) is 1. The van der Waals surface area contributed by atoms with Gasteiger partial charge >= 0.3 is 0 Å². The van der Waals surface area contributed by atoms with Crippen LogP contribution in [0, 0.1) is 0 Å². The number of ketones is 1. The zero-order chi connectivity index (χ0) is 18.6. The Balaban J connectivity index is 1.47. The topological polar surface area (TPSA) is 89.7 Å². The number of nitrogens with zero attached hydrogens (tertiary/aromatic N) is 3. The van der Waals surface area contributed by atoms with E-state index in [0.29, 0.717) is 25.2 Å². The molecule has 0 aromatic carbocycles. The summed E-state index contributed by atoms with van der Waals surface area (Å²) in [6.07, 6.45) is 4.04. The molecule has 8 nitrogen and oxygen atoms in total. The average molecular weight is 366 g/mol. The van der Waals surface area contributed by atoms with Crippen LogP contribution in [0.5, 0.6) is 0 Å². The number of methoxy groups -OCH3 is 1. The van der Waals surface area contributed by atoms with Gasteiger partial charge in [0.15, 0.2) is 0 Å². The lowest BCUT2D eigenvalue weighted by Gasteiger charge is -2.28. The van der Waals surface area contributed by atoms with Crippen LogP contribution >= 0.6 is 0 Å². The summed E-state index contributed by atoms with van der Waals surface area (Å²) in [5.41, 5.74) is -0.148. The molecule has 2 aliphatic rings. The van der Waals surface area contributed by atoms with Crippen molar-refractivity contribution >= 4 is 5.78 Å². The zero-order valence-corrected chi connectivity index (χ0v) is 16.0. The van der Waals surface area contributed by atoms with Crippen LogP contribution in [0.4, 0.5) is 0 Å². The molecule has 1 atom stereocenters. The first-order valence-electron chi connectivity index (χ1n) is 9.44. The van der Waals surface area contributed by atoms with Crippen LogP contribution in [-0.2, 0) is 9.47 Å². The third-order valence-electron chi connectivity index (χ3n) is 4.92. The molecule has 8 heteroatoms. The van der Waals surface area contributed by atoms with Gasteiger partial charge in [0, 0.05) is 31.7 Å². The number of hydrogen-bond donors (Lipinski definition) is 1. The predicted molar refractivity (Wildman–Crippen MR) is 95.1 cm³/mol. The third kappa shape index (κ3) is 5.09. The number of hydrogen-bond acceptors (Lipinski definition) is 8. The second-order valence-corrected chi connectivity index (χ2v) is 7.85. The van der Waals surface area contributed by atoms with Gasteiger partial charge in [-0.3, -0.25) is 9.69 Å². The lowest BCUT2D eigenvalue weighted by Crippen LogP contribution is -2.48. The fraction of sp³-hybridized carbons (Fsp3) is 0.833. The van der Waals surface area contributed by atoms with E-state index in [9.17, 15) is 4.79 Å². The van der Waals surface area contributed by atoms with Gasteiger partial charge < -0.3 is 19.3 Å². The molecule has 26 heavy (non-hydrogen) atoms. The summed E-state index contributed by atoms with van der Waals surface area (Å²) in [5.74, 6) is 1.22. The van der Waals surface area contributed by atoms with Crippen LogP contribution in [0.25, 0.3) is 0 Å². The molecule has 146 valence electrons. The van der Waals surface area contributed by atoms with E-state index in [2.05, 4.69) is 34.2 Å². The second kappa shape index (κ2) is 8.56. The first-order valence-corrected chi connectivity index (χ1v) is 9.44. The molecule has 2 heterocycles. The van der Waals surface area contributed by atoms with Crippen LogP contribution in [0.3, 0.4) is 0 Å². The molecule has 1 saturated heterocycles. The smallest absolute Gasteiger partial charge is 0.240 e. The first kappa shape index (κ1) is 19.4. The lowest BCUT2D eigenvalue weighted by molar-refractivity contribution is -0.0487. The summed E-state index contributed by atoms with van der Waals surface area (Å²) in [7, 11) is 1.61. The van der Waals surface area contributed by atoms with E-state index in [4.69, 9.17) is 14.0 Å². The minimum atomic E-state index is -0.148. The van der Waals surface area contributed by atoms with Crippen molar-refractivity contribution in [2.24, 2.45) is 0 Å². The highest BCUT2D eigenvalue weighted by atomic mass is 16.7. The summed E-state index contributed by atoms with van der Waals surface area (Å²) in [5, 5.41) is 7.40. The van der Waals surface area contributed by atoms with Gasteiger partial charge in [-0.1, -0.05) is 5.16 Å². The fourth-order valence-corrected chi connectivity index (χ4v) is 3.34. The van der Waals surface area contributed by atoms with Crippen LogP contribution in [0.15, 0.2) is 4.52 Å². The molecule has 3 rings (SSSR count). The minimum Gasteiger partial charge on any atom is -0.359 e. The molecule has 1 saturated carbocycles. The standard InChI is InChI=1S/C18H30N4O4/c1-18(2,11-25-12-24-3)19-8-10-22-9-4-5-14(22)15(23)16-20-17(26-21-16)13-6-7-13/h13-14,19H,4-12H2,1-3H3. The van der Waals surface area contributed by atoms with Gasteiger partial charge in [-0.15, -0.1) is 0 Å². The second-order valence-electron chi connectivity index (χ2n) is 7.85. The molecule has 1 aromatic rings. The number of nitrogens with one attached hydrogen (secondary N) is 1. The summed E-state index contributed by atoms with van der Waals surface area (Å²) >= 11 is 0. The monoisotopic (exact) mass is 366 g/mol. The molecule has 0 radical (unpaired) electrons. The fourth-order valence-electron chi connectivity index (χ4n) is 3.34. The molecule has 1 aliphatic carbocycles. The van der Waals surface area contributed by atoms with E-state index >= 15 is 0 Å². The Labute approximate surface area is 154 Å². The maximum atomic E-state index is 12.8. The lowest BCUT2D eigenvalue weighted by atomic mass is 10.1. The number of aromatic nitrogens is 2. The Morgan fingerprint density at radius 1 is 1.38 bits per heavy atom. The Morgan fingerprint density at radius 2 is 2.19 bits per heavy atom. The van der Waals surface area contributed by atoms with Gasteiger partial charge in [-0.2, -0.15) is 4.98 Å². The molecular formula is C18H30N4O4. The molecule has 1 aromatic heterocycles. The SMILES string of the molecule is COCOCC(C)(C)NCCN1CCCC1C(=O)c1noc(C2CC2)n1. The molecule has 0 amide bonds. The van der Waals surface area contributed by atoms with Crippen LogP contribution < -0.4 is 5.32 Å². The van der Waals surface area contributed by atoms with E-state index in [1.807, 2.05) is 0 Å². The number of rotatable bonds is 11. The van der Waals surface area contributed by atoms with Gasteiger partial charge in [0.2, 0.25) is 17.5 Å². The highest BCUT2D eigenvalue weighted by Crippen LogP contribution is 2.39. The van der Waals surface area contributed by atoms with Crippen molar-refractivity contribution in [1.82, 2.24) is 20.4 Å². The quantitative estimate of drug-likeness (QED) is 0.359. The Kier molecular flexibility index (Phi) is 6.39. The number of Topliss-reactive ketones (excluding diaryl/α,β-unsaturated/α-hetero) is 1. The van der Waals surface area contributed by atoms with Crippen molar-refractivity contribution in [1.29, 1.82) is 0 Å². The van der Waals surface area contributed by atoms with Crippen molar-refractivity contribution in [3.8, 4) is 0 Å². The Bertz CT molecular complexity index is 600. The summed E-state index contributed by atoms with van der Waals surface area (Å²) in [6.45, 7) is 7.55. The Morgan fingerprint density at radius 3 is 2.92 bits per heavy atom. The highest BCUT2D eigenvalue weighted by Gasteiger charge is 2.36. The van der Waals surface area contributed by atoms with Crippen LogP contribution in [0.1, 0.15) is 62.0 Å². The van der Waals surface area contributed by atoms with Crippen LogP contribution in [0.2, 0.25) is 0 Å². The minimum absolute atomic E-state index is 0.0131. The highest BCUT2D eigenvalue weighted by molar-refractivity contribution is 5.96. The zero-order valence-electron chi connectivity index (χ0n) is 16.0. The van der Waals surface area contributed by atoms with Crippen molar-refractivity contribution < 1.29 is 18.8 Å². The molecule has 1 aliphatic heterocycles. The molecule has 2 fully saturated rings. The van der Waals surface area contributed by atoms with Gasteiger partial charge in [0.1, 0.15) is 6.79 Å². The van der Waals surface area contributed by atoms with Crippen LogP contribution in [-0.4, -0.2) is 72.5 Å². The predicted octanol–water partition coefficient (Wildman–Crippen LogP) is 1.58. The van der Waals surface area contributed by atoms with E-state index in [1.54, 1.807) is 7.11 Å². The largest absolute Gasteiger partial charge is 0.359 e. The average Bonchev–Trinajstić information content (AvgIpc) is 3.15. The van der Waals surface area contributed by atoms with Crippen molar-refractivity contribution in [3.63, 3.8) is 0 Å². The Hall–Kier alpha value is -1.35. The summed E-state index contributed by atoms with van der Waals surface area (Å²) in [6, 6.07) is -0.144. The number of carbonyl (C=O) groups excluding carboxylic acids is 1. The first-order chi connectivity index (χ1) is 12.5. The van der Waals surface area contributed by atoms with E-state index < -0.39 is 0 Å². The van der Waals surface area contributed by atoms with Gasteiger partial charge in [-0.05, 0) is 46.1 Å². The normalized spacial score (nSPS) is 21.4. The van der Waals surface area contributed by atoms with Gasteiger partial charge in [-0.25, -0.2) is 0 Å². The third-order valence-corrected chi connectivity index (χ3v) is 4.92. The summed E-state index contributed by atoms with van der Waals surface area (Å²) in [4.78, 5) is 19.3. The van der Waals surface area contributed by atoms with Crippen molar-refractivity contribution in [3.05, 3.63) is 11.7 Å². The van der Waals surface area contributed by atoms with E-state index in [0.717, 1.165) is 45.3 Å². The van der Waals surface area contributed by atoms with E-state index in [1.165, 1.54) is 0 Å². The maximum absolute atomic E-state index is 12.8. The summed E-state index contributed by atoms with van der Waals surface area (Å²) < 4.78 is 15.6. The molecule has 1 N–H and O–H groups in total. The molecule has 0 spiro atoms. The number of carbonyl (C=O) groups is 1. The maximum Gasteiger partial charge on any atom is 0.240 e. The van der Waals surface area contributed by atoms with Gasteiger partial charge in [0.25, 0.3) is 0 Å². The van der Waals surface area contributed by atoms with Crippen molar-refractivity contribution in [2.75, 3.05) is 40.1 Å². The molecular weight excluding hydrogens is 336 g/mol.